The molecule has 1 rings (SSSR count). The molecule has 0 fully saturated rings. The molecular weight excluding hydrogens is 210 g/mol. The van der Waals surface area contributed by atoms with E-state index in [4.69, 9.17) is 6.57 Å². The molecule has 0 atom stereocenters. The lowest BCUT2D eigenvalue weighted by Crippen LogP contribution is -1.72. The number of nitrogens with zero attached hydrogens (tertiary/aromatic N) is 1. The number of rotatable bonds is 1. The van der Waals surface area contributed by atoms with E-state index >= 15 is 0 Å². The van der Waals surface area contributed by atoms with E-state index in [1.165, 1.54) is 5.56 Å². The van der Waals surface area contributed by atoms with Crippen LogP contribution >= 0.6 is 27.3 Å². The molecule has 0 amide bonds. The van der Waals surface area contributed by atoms with Gasteiger partial charge in [-0.05, 0) is 33.8 Å². The maximum absolute atomic E-state index is 6.66. The van der Waals surface area contributed by atoms with E-state index < -0.39 is 0 Å². The highest BCUT2D eigenvalue weighted by molar-refractivity contribution is 9.10. The molecule has 0 aliphatic carbocycles. The van der Waals surface area contributed by atoms with E-state index in [0.717, 1.165) is 9.35 Å². The Morgan fingerprint density at radius 3 is 2.90 bits per heavy atom. The van der Waals surface area contributed by atoms with Crippen molar-refractivity contribution in [3.63, 3.8) is 0 Å². The minimum Gasteiger partial charge on any atom is -0.311 e. The van der Waals surface area contributed by atoms with Gasteiger partial charge in [0.15, 0.2) is 0 Å². The van der Waals surface area contributed by atoms with Crippen molar-refractivity contribution in [1.29, 1.82) is 0 Å². The Hall–Kier alpha value is -0.330. The van der Waals surface area contributed by atoms with E-state index in [1.54, 1.807) is 11.3 Å². The van der Waals surface area contributed by atoms with Crippen LogP contribution in [0, 0.1) is 13.5 Å². The first-order valence-electron chi connectivity index (χ1n) is 2.81. The first kappa shape index (κ1) is 7.77. The molecule has 0 aliphatic rings. The van der Waals surface area contributed by atoms with Gasteiger partial charge in [0.25, 0.3) is 0 Å². The van der Waals surface area contributed by atoms with Crippen molar-refractivity contribution in [3.8, 4) is 0 Å². The number of aryl methyl sites for hydroxylation is 1. The fourth-order valence-corrected chi connectivity index (χ4v) is 2.17. The molecule has 0 aliphatic heterocycles. The molecule has 1 heterocycles. The van der Waals surface area contributed by atoms with E-state index in [2.05, 4.69) is 26.2 Å². The van der Waals surface area contributed by atoms with Gasteiger partial charge >= 0.3 is 0 Å². The van der Waals surface area contributed by atoms with Gasteiger partial charge in [-0.25, -0.2) is 6.57 Å². The van der Waals surface area contributed by atoms with Gasteiger partial charge in [-0.15, -0.1) is 11.3 Å². The fraction of sp³-hybridized carbons (Fsp3) is 0.286. The smallest absolute Gasteiger partial charge is 0.249 e. The Bertz CT molecular complexity index is 272. The topological polar surface area (TPSA) is 4.36 Å². The van der Waals surface area contributed by atoms with Crippen molar-refractivity contribution in [2.45, 2.75) is 13.5 Å². The quantitative estimate of drug-likeness (QED) is 0.634. The second-order valence-electron chi connectivity index (χ2n) is 1.97. The summed E-state index contributed by atoms with van der Waals surface area (Å²) in [5.74, 6) is 0. The normalized spacial score (nSPS) is 9.30. The van der Waals surface area contributed by atoms with Crippen molar-refractivity contribution in [2.24, 2.45) is 0 Å². The third-order valence-corrected chi connectivity index (χ3v) is 3.65. The maximum atomic E-state index is 6.66. The molecule has 0 N–H and O–H groups in total. The molecular formula is C7H6BrNS. The molecule has 0 radical (unpaired) electrons. The molecule has 10 heavy (non-hydrogen) atoms. The minimum atomic E-state index is 0.499. The minimum absolute atomic E-state index is 0.499. The molecule has 0 bridgehead atoms. The monoisotopic (exact) mass is 215 g/mol. The molecule has 0 aromatic carbocycles. The molecule has 0 saturated carbocycles. The number of hydrogen-bond acceptors (Lipinski definition) is 1. The zero-order valence-corrected chi connectivity index (χ0v) is 7.92. The summed E-state index contributed by atoms with van der Waals surface area (Å²) < 4.78 is 1.11. The van der Waals surface area contributed by atoms with Crippen LogP contribution in [0.15, 0.2) is 9.85 Å². The Morgan fingerprint density at radius 1 is 1.80 bits per heavy atom. The van der Waals surface area contributed by atoms with E-state index in [9.17, 15) is 0 Å². The lowest BCUT2D eigenvalue weighted by molar-refractivity contribution is 1.30. The predicted molar refractivity (Wildman–Crippen MR) is 47.1 cm³/mol. The first-order valence-corrected chi connectivity index (χ1v) is 4.48. The number of thiophene rings is 1. The average molecular weight is 216 g/mol. The zero-order valence-electron chi connectivity index (χ0n) is 5.52. The van der Waals surface area contributed by atoms with Crippen molar-refractivity contribution < 1.29 is 0 Å². The van der Waals surface area contributed by atoms with Crippen LogP contribution in [-0.4, -0.2) is 0 Å². The zero-order chi connectivity index (χ0) is 7.56. The van der Waals surface area contributed by atoms with Gasteiger partial charge in [0, 0.05) is 4.47 Å². The summed E-state index contributed by atoms with van der Waals surface area (Å²) in [5.41, 5.74) is 1.23. The first-order chi connectivity index (χ1) is 4.75. The molecule has 3 heteroatoms. The van der Waals surface area contributed by atoms with Crippen molar-refractivity contribution in [3.05, 3.63) is 31.7 Å². The molecule has 0 spiro atoms. The Morgan fingerprint density at radius 2 is 2.50 bits per heavy atom. The third-order valence-electron chi connectivity index (χ3n) is 1.19. The second-order valence-corrected chi connectivity index (χ2v) is 3.73. The van der Waals surface area contributed by atoms with E-state index in [-0.39, 0.29) is 0 Å². The largest absolute Gasteiger partial charge is 0.311 e. The Labute approximate surface area is 72.6 Å². The van der Waals surface area contributed by atoms with Gasteiger partial charge < -0.3 is 4.85 Å². The maximum Gasteiger partial charge on any atom is 0.249 e. The van der Waals surface area contributed by atoms with Crippen LogP contribution in [0.2, 0.25) is 0 Å². The molecule has 1 aromatic heterocycles. The third kappa shape index (κ3) is 1.39. The highest BCUT2D eigenvalue weighted by Gasteiger charge is 2.06. The van der Waals surface area contributed by atoms with Crippen LogP contribution in [0.5, 0.6) is 0 Å². The lowest BCUT2D eigenvalue weighted by Gasteiger charge is -1.86. The summed E-state index contributed by atoms with van der Waals surface area (Å²) in [7, 11) is 0. The summed E-state index contributed by atoms with van der Waals surface area (Å²) in [6, 6.07) is 0. The van der Waals surface area contributed by atoms with E-state index in [0.29, 0.717) is 6.54 Å². The highest BCUT2D eigenvalue weighted by Crippen LogP contribution is 2.27. The van der Waals surface area contributed by atoms with Crippen molar-refractivity contribution >= 4 is 27.3 Å². The van der Waals surface area contributed by atoms with Gasteiger partial charge in [0.1, 0.15) is 0 Å². The van der Waals surface area contributed by atoms with Gasteiger partial charge in [-0.3, -0.25) is 0 Å². The van der Waals surface area contributed by atoms with Crippen LogP contribution in [0.3, 0.4) is 0 Å². The van der Waals surface area contributed by atoms with Gasteiger partial charge in [-0.1, -0.05) is 0 Å². The van der Waals surface area contributed by atoms with Crippen molar-refractivity contribution in [2.75, 3.05) is 0 Å². The SMILES string of the molecule is [C-]#[N+]Cc1scc(C)c1Br. The van der Waals surface area contributed by atoms with Gasteiger partial charge in [-0.2, -0.15) is 0 Å². The number of hydrogen-bond donors (Lipinski definition) is 0. The average Bonchev–Trinajstić information content (AvgIpc) is 2.20. The fourth-order valence-electron chi connectivity index (χ4n) is 0.661. The molecule has 52 valence electrons. The molecule has 0 unspecified atom stereocenters. The second kappa shape index (κ2) is 3.18. The van der Waals surface area contributed by atoms with Crippen LogP contribution < -0.4 is 0 Å². The lowest BCUT2D eigenvalue weighted by atomic mass is 10.3. The molecule has 1 aromatic rings. The predicted octanol–water partition coefficient (Wildman–Crippen LogP) is 3.24. The van der Waals surface area contributed by atoms with Crippen LogP contribution in [-0.2, 0) is 6.54 Å². The summed E-state index contributed by atoms with van der Waals surface area (Å²) in [5, 5.41) is 2.06. The van der Waals surface area contributed by atoms with Gasteiger partial charge in [0.2, 0.25) is 6.54 Å². The Balaban J connectivity index is 2.96. The van der Waals surface area contributed by atoms with E-state index in [1.807, 2.05) is 6.92 Å². The van der Waals surface area contributed by atoms with Gasteiger partial charge in [0.05, 0.1) is 4.88 Å². The summed E-state index contributed by atoms with van der Waals surface area (Å²) in [4.78, 5) is 4.44. The van der Waals surface area contributed by atoms with Crippen LogP contribution in [0.4, 0.5) is 0 Å². The van der Waals surface area contributed by atoms with Crippen LogP contribution in [0.25, 0.3) is 4.85 Å². The summed E-state index contributed by atoms with van der Waals surface area (Å²) >= 11 is 5.06. The highest BCUT2D eigenvalue weighted by atomic mass is 79.9. The number of halogens is 1. The molecule has 1 nitrogen and oxygen atoms in total. The molecule has 0 saturated heterocycles. The summed E-state index contributed by atoms with van der Waals surface area (Å²) in [6.45, 7) is 9.19. The van der Waals surface area contributed by atoms with Crippen LogP contribution in [0.1, 0.15) is 10.4 Å². The summed E-state index contributed by atoms with van der Waals surface area (Å²) in [6.07, 6.45) is 0. The standard InChI is InChI=1S/C7H6BrNS/c1-5-4-10-6(3-9-2)7(5)8/h4H,3H2,1H3. The Kier molecular flexibility index (Phi) is 2.47. The van der Waals surface area contributed by atoms with Crippen molar-refractivity contribution in [1.82, 2.24) is 0 Å².